The molecule has 0 saturated heterocycles. The Hall–Kier alpha value is -4.04. The van der Waals surface area contributed by atoms with Crippen molar-refractivity contribution in [2.75, 3.05) is 10.6 Å². The molecule has 5 rings (SSSR count). The predicted molar refractivity (Wildman–Crippen MR) is 124 cm³/mol. The Morgan fingerprint density at radius 1 is 1.15 bits per heavy atom. The van der Waals surface area contributed by atoms with Crippen molar-refractivity contribution in [1.82, 2.24) is 19.7 Å². The van der Waals surface area contributed by atoms with Crippen LogP contribution in [-0.4, -0.2) is 25.7 Å². The summed E-state index contributed by atoms with van der Waals surface area (Å²) >= 11 is 6.14. The number of rotatable bonds is 4. The van der Waals surface area contributed by atoms with Gasteiger partial charge in [0.2, 0.25) is 5.95 Å². The van der Waals surface area contributed by atoms with Gasteiger partial charge in [-0.2, -0.15) is 4.98 Å². The number of amides is 1. The largest absolute Gasteiger partial charge is 0.328 e. The van der Waals surface area contributed by atoms with Crippen molar-refractivity contribution in [2.45, 2.75) is 13.0 Å². The average molecular weight is 461 g/mol. The van der Waals surface area contributed by atoms with Crippen LogP contribution in [0.3, 0.4) is 0 Å². The summed E-state index contributed by atoms with van der Waals surface area (Å²) < 4.78 is 16.5. The number of fused-ring (bicyclic) bond motifs is 1. The van der Waals surface area contributed by atoms with E-state index in [4.69, 9.17) is 11.6 Å². The van der Waals surface area contributed by atoms with Crippen molar-refractivity contribution >= 4 is 29.1 Å². The van der Waals surface area contributed by atoms with Crippen LogP contribution in [0.25, 0.3) is 11.4 Å². The lowest BCUT2D eigenvalue weighted by molar-refractivity contribution is -0.113. The number of hydrogen-bond acceptors (Lipinski definition) is 5. The summed E-state index contributed by atoms with van der Waals surface area (Å²) in [5, 5.41) is 11.1. The molecule has 7 nitrogen and oxygen atoms in total. The molecule has 2 N–H and O–H groups in total. The number of halogens is 2. The third-order valence-electron chi connectivity index (χ3n) is 5.30. The van der Waals surface area contributed by atoms with Crippen molar-refractivity contribution in [3.05, 3.63) is 101 Å². The molecule has 1 atom stereocenters. The van der Waals surface area contributed by atoms with Crippen molar-refractivity contribution in [2.24, 2.45) is 0 Å². The Morgan fingerprint density at radius 2 is 2.00 bits per heavy atom. The number of anilines is 2. The molecular formula is C24H18ClFN6O. The molecule has 1 unspecified atom stereocenters. The van der Waals surface area contributed by atoms with E-state index in [0.29, 0.717) is 44.9 Å². The highest BCUT2D eigenvalue weighted by Crippen LogP contribution is 2.37. The molecule has 2 aromatic heterocycles. The Balaban J connectivity index is 1.63. The zero-order chi connectivity index (χ0) is 22.9. The third-order valence-corrected chi connectivity index (χ3v) is 5.53. The Morgan fingerprint density at radius 3 is 2.76 bits per heavy atom. The number of nitrogens with one attached hydrogen (secondary N) is 2. The highest BCUT2D eigenvalue weighted by atomic mass is 35.5. The smallest absolute Gasteiger partial charge is 0.255 e. The lowest BCUT2D eigenvalue weighted by Gasteiger charge is -2.28. The summed E-state index contributed by atoms with van der Waals surface area (Å²) in [7, 11) is 0. The first-order valence-electron chi connectivity index (χ1n) is 10.2. The van der Waals surface area contributed by atoms with E-state index >= 15 is 0 Å². The minimum Gasteiger partial charge on any atom is -0.328 e. The Labute approximate surface area is 194 Å². The summed E-state index contributed by atoms with van der Waals surface area (Å²) in [4.78, 5) is 22.0. The standard InChI is InChI=1S/C24H18ClFN6O/c1-14-20(23(33)29-17-8-5-11-27-13-17)21(18-9-2-3-10-19(18)26)32-24(28-14)30-22(31-32)15-6-4-7-16(25)12-15/h2-13,21H,1H3,(H,29,33)(H,28,30,31). The number of carbonyl (C=O) groups excluding carboxylic acids is 1. The van der Waals surface area contributed by atoms with E-state index in [1.54, 1.807) is 67.8 Å². The molecule has 0 bridgehead atoms. The van der Waals surface area contributed by atoms with Gasteiger partial charge in [-0.3, -0.25) is 9.78 Å². The van der Waals surface area contributed by atoms with Crippen molar-refractivity contribution < 1.29 is 9.18 Å². The van der Waals surface area contributed by atoms with Crippen LogP contribution in [0.1, 0.15) is 18.5 Å². The fourth-order valence-electron chi connectivity index (χ4n) is 3.81. The number of allylic oxidation sites excluding steroid dienone is 1. The van der Waals surface area contributed by atoms with Gasteiger partial charge in [0.15, 0.2) is 5.82 Å². The van der Waals surface area contributed by atoms with E-state index < -0.39 is 17.8 Å². The maximum absolute atomic E-state index is 15.0. The number of carbonyl (C=O) groups is 1. The van der Waals surface area contributed by atoms with E-state index in [1.807, 2.05) is 6.07 Å². The summed E-state index contributed by atoms with van der Waals surface area (Å²) in [6.45, 7) is 1.75. The molecule has 0 spiro atoms. The second-order valence-electron chi connectivity index (χ2n) is 7.50. The second kappa shape index (κ2) is 8.48. The van der Waals surface area contributed by atoms with E-state index in [1.165, 1.54) is 10.7 Å². The average Bonchev–Trinajstić information content (AvgIpc) is 3.23. The number of hydrogen-bond donors (Lipinski definition) is 2. The van der Waals surface area contributed by atoms with Gasteiger partial charge < -0.3 is 10.6 Å². The summed E-state index contributed by atoms with van der Waals surface area (Å²) in [5.41, 5.74) is 2.40. The fraction of sp³-hybridized carbons (Fsp3) is 0.0833. The third kappa shape index (κ3) is 3.96. The topological polar surface area (TPSA) is 84.7 Å². The van der Waals surface area contributed by atoms with Crippen LogP contribution in [0.15, 0.2) is 84.3 Å². The first-order valence-corrected chi connectivity index (χ1v) is 10.5. The fourth-order valence-corrected chi connectivity index (χ4v) is 4.00. The molecule has 2 aromatic carbocycles. The van der Waals surface area contributed by atoms with Gasteiger partial charge in [0.25, 0.3) is 5.91 Å². The number of nitrogens with zero attached hydrogens (tertiary/aromatic N) is 4. The normalized spacial score (nSPS) is 15.1. The molecule has 4 aromatic rings. The van der Waals surface area contributed by atoms with E-state index in [-0.39, 0.29) is 0 Å². The molecule has 0 fully saturated rings. The number of aromatic nitrogens is 4. The zero-order valence-corrected chi connectivity index (χ0v) is 18.2. The molecule has 1 amide bonds. The molecule has 0 aliphatic carbocycles. The molecule has 1 aliphatic heterocycles. The monoisotopic (exact) mass is 460 g/mol. The van der Waals surface area contributed by atoms with Crippen molar-refractivity contribution in [3.8, 4) is 11.4 Å². The molecule has 164 valence electrons. The molecule has 33 heavy (non-hydrogen) atoms. The van der Waals surface area contributed by atoms with E-state index in [9.17, 15) is 9.18 Å². The van der Waals surface area contributed by atoms with Crippen LogP contribution >= 0.6 is 11.6 Å². The predicted octanol–water partition coefficient (Wildman–Crippen LogP) is 5.06. The van der Waals surface area contributed by atoms with Crippen LogP contribution in [0.4, 0.5) is 16.0 Å². The minimum atomic E-state index is -0.834. The van der Waals surface area contributed by atoms with Crippen LogP contribution < -0.4 is 10.6 Å². The highest BCUT2D eigenvalue weighted by molar-refractivity contribution is 6.30. The van der Waals surface area contributed by atoms with Crippen LogP contribution in [0, 0.1) is 5.82 Å². The SMILES string of the molecule is CC1=C(C(=O)Nc2cccnc2)C(c2ccccc2F)n2nc(-c3cccc(Cl)c3)nc2N1. The van der Waals surface area contributed by atoms with E-state index in [0.717, 1.165) is 0 Å². The molecule has 3 heterocycles. The van der Waals surface area contributed by atoms with Gasteiger partial charge in [0, 0.05) is 28.0 Å². The van der Waals surface area contributed by atoms with Gasteiger partial charge in [-0.05, 0) is 37.3 Å². The lowest BCUT2D eigenvalue weighted by Crippen LogP contribution is -2.32. The van der Waals surface area contributed by atoms with Gasteiger partial charge >= 0.3 is 0 Å². The molecule has 1 aliphatic rings. The summed E-state index contributed by atoms with van der Waals surface area (Å²) in [6, 6.07) is 16.1. The lowest BCUT2D eigenvalue weighted by atomic mass is 9.94. The van der Waals surface area contributed by atoms with Gasteiger partial charge in [0.05, 0.1) is 17.5 Å². The van der Waals surface area contributed by atoms with Gasteiger partial charge in [-0.1, -0.05) is 41.9 Å². The van der Waals surface area contributed by atoms with Crippen LogP contribution in [0.5, 0.6) is 0 Å². The first-order chi connectivity index (χ1) is 16.0. The Bertz CT molecular complexity index is 1380. The van der Waals surface area contributed by atoms with Crippen molar-refractivity contribution in [1.29, 1.82) is 0 Å². The van der Waals surface area contributed by atoms with E-state index in [2.05, 4.69) is 25.7 Å². The molecule has 0 radical (unpaired) electrons. The number of benzene rings is 2. The maximum Gasteiger partial charge on any atom is 0.255 e. The minimum absolute atomic E-state index is 0.304. The van der Waals surface area contributed by atoms with Gasteiger partial charge in [-0.25, -0.2) is 9.07 Å². The quantitative estimate of drug-likeness (QED) is 0.444. The second-order valence-corrected chi connectivity index (χ2v) is 7.93. The van der Waals surface area contributed by atoms with Gasteiger partial charge in [0.1, 0.15) is 11.9 Å². The van der Waals surface area contributed by atoms with Crippen LogP contribution in [-0.2, 0) is 4.79 Å². The first kappa shape index (κ1) is 20.8. The highest BCUT2D eigenvalue weighted by Gasteiger charge is 2.35. The molecule has 0 saturated carbocycles. The molecule has 9 heteroatoms. The number of pyridine rings is 1. The van der Waals surface area contributed by atoms with Crippen LogP contribution in [0.2, 0.25) is 5.02 Å². The van der Waals surface area contributed by atoms with Gasteiger partial charge in [-0.15, -0.1) is 5.10 Å². The summed E-state index contributed by atoms with van der Waals surface area (Å²) in [6.07, 6.45) is 3.16. The van der Waals surface area contributed by atoms with Crippen molar-refractivity contribution in [3.63, 3.8) is 0 Å². The zero-order valence-electron chi connectivity index (χ0n) is 17.5. The Kier molecular flexibility index (Phi) is 5.35. The summed E-state index contributed by atoms with van der Waals surface area (Å²) in [5.74, 6) is -0.0435. The maximum atomic E-state index is 15.0. The molecular weight excluding hydrogens is 443 g/mol.